The SMILES string of the molecule is COCCNCC1(CC(C)OC)CCCCC1. The third-order valence-corrected chi connectivity index (χ3v) is 4.02. The van der Waals surface area contributed by atoms with Gasteiger partial charge < -0.3 is 14.8 Å². The van der Waals surface area contributed by atoms with Crippen molar-refractivity contribution in [3.63, 3.8) is 0 Å². The molecule has 3 heteroatoms. The molecule has 0 saturated heterocycles. The lowest BCUT2D eigenvalue weighted by Gasteiger charge is -2.39. The molecule has 0 radical (unpaired) electrons. The minimum absolute atomic E-state index is 0.373. The smallest absolute Gasteiger partial charge is 0.0587 e. The Morgan fingerprint density at radius 2 is 1.88 bits per heavy atom. The largest absolute Gasteiger partial charge is 0.383 e. The van der Waals surface area contributed by atoms with Gasteiger partial charge in [-0.05, 0) is 31.6 Å². The van der Waals surface area contributed by atoms with Gasteiger partial charge >= 0.3 is 0 Å². The van der Waals surface area contributed by atoms with E-state index in [9.17, 15) is 0 Å². The molecule has 3 nitrogen and oxygen atoms in total. The van der Waals surface area contributed by atoms with Crippen LogP contribution in [0.1, 0.15) is 45.4 Å². The minimum Gasteiger partial charge on any atom is -0.383 e. The highest BCUT2D eigenvalue weighted by Gasteiger charge is 2.33. The molecule has 1 unspecified atom stereocenters. The average molecular weight is 243 g/mol. The number of ether oxygens (including phenoxy) is 2. The van der Waals surface area contributed by atoms with Gasteiger partial charge in [0.2, 0.25) is 0 Å². The van der Waals surface area contributed by atoms with Crippen LogP contribution in [0.15, 0.2) is 0 Å². The van der Waals surface area contributed by atoms with E-state index in [0.29, 0.717) is 11.5 Å². The first-order valence-corrected chi connectivity index (χ1v) is 6.95. The zero-order chi connectivity index (χ0) is 12.6. The van der Waals surface area contributed by atoms with Gasteiger partial charge in [0, 0.05) is 27.3 Å². The fraction of sp³-hybridized carbons (Fsp3) is 1.00. The molecule has 17 heavy (non-hydrogen) atoms. The van der Waals surface area contributed by atoms with Crippen LogP contribution in [0.25, 0.3) is 0 Å². The second kappa shape index (κ2) is 8.06. The third-order valence-electron chi connectivity index (χ3n) is 4.02. The van der Waals surface area contributed by atoms with Crippen molar-refractivity contribution in [3.8, 4) is 0 Å². The van der Waals surface area contributed by atoms with Crippen LogP contribution >= 0.6 is 0 Å². The van der Waals surface area contributed by atoms with E-state index < -0.39 is 0 Å². The maximum Gasteiger partial charge on any atom is 0.0587 e. The first-order valence-electron chi connectivity index (χ1n) is 6.95. The second-order valence-corrected chi connectivity index (χ2v) is 5.48. The summed E-state index contributed by atoms with van der Waals surface area (Å²) in [4.78, 5) is 0. The van der Waals surface area contributed by atoms with Crippen molar-refractivity contribution in [3.05, 3.63) is 0 Å². The number of hydrogen-bond acceptors (Lipinski definition) is 3. The van der Waals surface area contributed by atoms with Crippen molar-refractivity contribution in [2.75, 3.05) is 33.9 Å². The van der Waals surface area contributed by atoms with E-state index >= 15 is 0 Å². The summed E-state index contributed by atoms with van der Waals surface area (Å²) >= 11 is 0. The molecule has 102 valence electrons. The van der Waals surface area contributed by atoms with Gasteiger partial charge in [-0.3, -0.25) is 0 Å². The summed E-state index contributed by atoms with van der Waals surface area (Å²) in [6.45, 7) is 5.06. The molecule has 0 aromatic heterocycles. The van der Waals surface area contributed by atoms with Gasteiger partial charge in [0.05, 0.1) is 12.7 Å². The highest BCUT2D eigenvalue weighted by Crippen LogP contribution is 2.40. The summed E-state index contributed by atoms with van der Waals surface area (Å²) in [5.41, 5.74) is 0.460. The molecule has 1 fully saturated rings. The summed E-state index contributed by atoms with van der Waals surface area (Å²) in [5, 5.41) is 3.55. The van der Waals surface area contributed by atoms with Gasteiger partial charge in [0.25, 0.3) is 0 Å². The van der Waals surface area contributed by atoms with Crippen molar-refractivity contribution in [1.29, 1.82) is 0 Å². The van der Waals surface area contributed by atoms with E-state index in [1.807, 2.05) is 7.11 Å². The summed E-state index contributed by atoms with van der Waals surface area (Å²) in [5.74, 6) is 0. The van der Waals surface area contributed by atoms with Crippen LogP contribution in [0.3, 0.4) is 0 Å². The number of hydrogen-bond donors (Lipinski definition) is 1. The Balaban J connectivity index is 2.40. The molecule has 0 aliphatic heterocycles. The fourth-order valence-corrected chi connectivity index (χ4v) is 2.98. The molecule has 0 amide bonds. The van der Waals surface area contributed by atoms with Crippen molar-refractivity contribution < 1.29 is 9.47 Å². The van der Waals surface area contributed by atoms with E-state index in [0.717, 1.165) is 19.7 Å². The Bertz CT molecular complexity index is 191. The molecule has 1 aliphatic rings. The van der Waals surface area contributed by atoms with Gasteiger partial charge in [-0.2, -0.15) is 0 Å². The molecule has 1 atom stereocenters. The first kappa shape index (κ1) is 14.9. The predicted octanol–water partition coefficient (Wildman–Crippen LogP) is 2.60. The predicted molar refractivity (Wildman–Crippen MR) is 71.4 cm³/mol. The van der Waals surface area contributed by atoms with E-state index in [-0.39, 0.29) is 0 Å². The molecular formula is C14H29NO2. The van der Waals surface area contributed by atoms with Crippen LogP contribution in [-0.2, 0) is 9.47 Å². The third kappa shape index (κ3) is 5.36. The summed E-state index contributed by atoms with van der Waals surface area (Å²) in [6, 6.07) is 0. The second-order valence-electron chi connectivity index (χ2n) is 5.48. The van der Waals surface area contributed by atoms with Gasteiger partial charge in [0.1, 0.15) is 0 Å². The number of nitrogens with one attached hydrogen (secondary N) is 1. The van der Waals surface area contributed by atoms with Crippen LogP contribution in [0.4, 0.5) is 0 Å². The number of methoxy groups -OCH3 is 2. The van der Waals surface area contributed by atoms with Crippen LogP contribution in [-0.4, -0.2) is 40.0 Å². The van der Waals surface area contributed by atoms with Gasteiger partial charge in [-0.25, -0.2) is 0 Å². The Labute approximate surface area is 106 Å². The topological polar surface area (TPSA) is 30.5 Å². The Kier molecular flexibility index (Phi) is 7.09. The maximum absolute atomic E-state index is 5.45. The highest BCUT2D eigenvalue weighted by atomic mass is 16.5. The van der Waals surface area contributed by atoms with E-state index in [4.69, 9.17) is 9.47 Å². The van der Waals surface area contributed by atoms with Crippen LogP contribution in [0, 0.1) is 5.41 Å². The van der Waals surface area contributed by atoms with Crippen LogP contribution < -0.4 is 5.32 Å². The summed E-state index contributed by atoms with van der Waals surface area (Å²) in [7, 11) is 3.57. The normalized spacial score (nSPS) is 21.4. The van der Waals surface area contributed by atoms with Gasteiger partial charge in [0.15, 0.2) is 0 Å². The molecule has 1 N–H and O–H groups in total. The highest BCUT2D eigenvalue weighted by molar-refractivity contribution is 4.86. The van der Waals surface area contributed by atoms with Crippen LogP contribution in [0.5, 0.6) is 0 Å². The van der Waals surface area contributed by atoms with Crippen LogP contribution in [0.2, 0.25) is 0 Å². The quantitative estimate of drug-likeness (QED) is 0.665. The lowest BCUT2D eigenvalue weighted by atomic mass is 9.70. The van der Waals surface area contributed by atoms with E-state index in [1.165, 1.54) is 38.5 Å². The van der Waals surface area contributed by atoms with E-state index in [2.05, 4.69) is 12.2 Å². The minimum atomic E-state index is 0.373. The van der Waals surface area contributed by atoms with Crippen molar-refractivity contribution in [2.24, 2.45) is 5.41 Å². The molecule has 1 saturated carbocycles. The van der Waals surface area contributed by atoms with Crippen molar-refractivity contribution in [1.82, 2.24) is 5.32 Å². The summed E-state index contributed by atoms with van der Waals surface area (Å²) in [6.07, 6.45) is 8.41. The molecule has 1 aliphatic carbocycles. The zero-order valence-corrected chi connectivity index (χ0v) is 11.8. The van der Waals surface area contributed by atoms with Gasteiger partial charge in [-0.1, -0.05) is 19.3 Å². The fourth-order valence-electron chi connectivity index (χ4n) is 2.98. The average Bonchev–Trinajstić information content (AvgIpc) is 2.36. The van der Waals surface area contributed by atoms with E-state index in [1.54, 1.807) is 7.11 Å². The van der Waals surface area contributed by atoms with Crippen molar-refractivity contribution in [2.45, 2.75) is 51.6 Å². The molecule has 0 heterocycles. The number of rotatable bonds is 8. The molecule has 0 aromatic carbocycles. The lowest BCUT2D eigenvalue weighted by Crippen LogP contribution is -2.39. The maximum atomic E-state index is 5.45. The van der Waals surface area contributed by atoms with Gasteiger partial charge in [-0.15, -0.1) is 0 Å². The molecule has 0 spiro atoms. The zero-order valence-electron chi connectivity index (χ0n) is 11.8. The Morgan fingerprint density at radius 3 is 2.47 bits per heavy atom. The molecular weight excluding hydrogens is 214 g/mol. The van der Waals surface area contributed by atoms with Crippen molar-refractivity contribution >= 4 is 0 Å². The Morgan fingerprint density at radius 1 is 1.18 bits per heavy atom. The molecule has 1 rings (SSSR count). The molecule has 0 aromatic rings. The monoisotopic (exact) mass is 243 g/mol. The molecule has 0 bridgehead atoms. The Hall–Kier alpha value is -0.120. The summed E-state index contributed by atoms with van der Waals surface area (Å²) < 4.78 is 10.5. The lowest BCUT2D eigenvalue weighted by molar-refractivity contribution is 0.0442. The standard InChI is InChI=1S/C14H29NO2/c1-13(17-3)11-14(7-5-4-6-8-14)12-15-9-10-16-2/h13,15H,4-12H2,1-3H3. The first-order chi connectivity index (χ1) is 8.22.